The minimum absolute atomic E-state index is 0.0502. The Morgan fingerprint density at radius 3 is 2.67 bits per heavy atom. The largest absolute Gasteiger partial charge is 0.398 e. The van der Waals surface area contributed by atoms with Gasteiger partial charge in [-0.1, -0.05) is 6.92 Å². The molecule has 0 aliphatic rings. The van der Waals surface area contributed by atoms with Gasteiger partial charge in [-0.25, -0.2) is 8.42 Å². The number of anilines is 1. The summed E-state index contributed by atoms with van der Waals surface area (Å²) >= 11 is 3.22. The number of amides is 1. The quantitative estimate of drug-likeness (QED) is 0.791. The molecule has 1 amide bonds. The average Bonchev–Trinajstić information content (AvgIpc) is 2.32. The van der Waals surface area contributed by atoms with E-state index in [4.69, 9.17) is 5.73 Å². The number of hydrogen-bond donors (Lipinski definition) is 2. The van der Waals surface area contributed by atoms with E-state index in [0.717, 1.165) is 0 Å². The number of carbonyl (C=O) groups is 1. The number of hydrogen-bond acceptors (Lipinski definition) is 4. The van der Waals surface area contributed by atoms with Crippen LogP contribution in [0.1, 0.15) is 17.3 Å². The van der Waals surface area contributed by atoms with Crippen molar-refractivity contribution in [1.29, 1.82) is 0 Å². The van der Waals surface area contributed by atoms with Gasteiger partial charge in [0, 0.05) is 28.0 Å². The molecule has 0 radical (unpaired) electrons. The fraction of sp³-hybridized carbons (Fsp3) is 0.364. The lowest BCUT2D eigenvalue weighted by atomic mass is 10.2. The van der Waals surface area contributed by atoms with Crippen LogP contribution in [0, 0.1) is 0 Å². The van der Waals surface area contributed by atoms with Crippen molar-refractivity contribution in [3.05, 3.63) is 28.2 Å². The third-order valence-electron chi connectivity index (χ3n) is 2.40. The Hall–Kier alpha value is -1.08. The fourth-order valence-corrected chi connectivity index (χ4v) is 2.32. The summed E-state index contributed by atoms with van der Waals surface area (Å²) in [5.74, 6) is -0.288. The van der Waals surface area contributed by atoms with Gasteiger partial charge in [0.05, 0.1) is 5.75 Å². The third-order valence-corrected chi connectivity index (χ3v) is 4.79. The smallest absolute Gasteiger partial charge is 0.251 e. The number of carbonyl (C=O) groups excluding carboxylic acids is 1. The number of nitrogen functional groups attached to an aromatic ring is 1. The standard InChI is InChI=1S/C11H15BrN2O3S/c1-2-18(16,17)6-5-14-11(15)8-3-4-10(13)9(12)7-8/h3-4,7H,2,5-6,13H2,1H3,(H,14,15). The molecular formula is C11H15BrN2O3S. The van der Waals surface area contributed by atoms with Crippen LogP contribution in [0.25, 0.3) is 0 Å². The molecule has 0 aliphatic carbocycles. The van der Waals surface area contributed by atoms with E-state index in [1.807, 2.05) is 0 Å². The maximum absolute atomic E-state index is 11.7. The maximum atomic E-state index is 11.7. The van der Waals surface area contributed by atoms with Gasteiger partial charge in [-0.3, -0.25) is 4.79 Å². The second-order valence-corrected chi connectivity index (χ2v) is 7.06. The fourth-order valence-electron chi connectivity index (χ4n) is 1.23. The molecule has 0 saturated carbocycles. The molecule has 0 heterocycles. The normalized spacial score (nSPS) is 11.2. The summed E-state index contributed by atoms with van der Waals surface area (Å²) < 4.78 is 23.1. The second-order valence-electron chi connectivity index (χ2n) is 3.73. The van der Waals surface area contributed by atoms with Crippen molar-refractivity contribution in [3.8, 4) is 0 Å². The number of sulfone groups is 1. The highest BCUT2D eigenvalue weighted by Gasteiger charge is 2.10. The molecule has 5 nitrogen and oxygen atoms in total. The molecule has 1 aromatic carbocycles. The van der Waals surface area contributed by atoms with Crippen LogP contribution < -0.4 is 11.1 Å². The molecule has 100 valence electrons. The van der Waals surface area contributed by atoms with Crippen molar-refractivity contribution in [1.82, 2.24) is 5.32 Å². The first-order valence-electron chi connectivity index (χ1n) is 5.39. The van der Waals surface area contributed by atoms with Crippen molar-refractivity contribution in [3.63, 3.8) is 0 Å². The van der Waals surface area contributed by atoms with Crippen LogP contribution in [0.5, 0.6) is 0 Å². The first kappa shape index (κ1) is 15.0. The van der Waals surface area contributed by atoms with Crippen molar-refractivity contribution >= 4 is 37.4 Å². The predicted molar refractivity (Wildman–Crippen MR) is 75.2 cm³/mol. The summed E-state index contributed by atoms with van der Waals surface area (Å²) in [5, 5.41) is 2.56. The highest BCUT2D eigenvalue weighted by atomic mass is 79.9. The summed E-state index contributed by atoms with van der Waals surface area (Å²) in [4.78, 5) is 11.7. The molecule has 1 aromatic rings. The summed E-state index contributed by atoms with van der Waals surface area (Å²) in [6.07, 6.45) is 0. The molecule has 0 aliphatic heterocycles. The molecule has 0 unspecified atom stereocenters. The number of halogens is 1. The minimum Gasteiger partial charge on any atom is -0.398 e. The van der Waals surface area contributed by atoms with Crippen molar-refractivity contribution in [2.24, 2.45) is 0 Å². The Balaban J connectivity index is 2.58. The lowest BCUT2D eigenvalue weighted by Gasteiger charge is -2.06. The van der Waals surface area contributed by atoms with Gasteiger partial charge < -0.3 is 11.1 Å². The zero-order valence-corrected chi connectivity index (χ0v) is 12.3. The Morgan fingerprint density at radius 2 is 2.11 bits per heavy atom. The molecule has 0 saturated heterocycles. The molecule has 7 heteroatoms. The number of nitrogens with two attached hydrogens (primary N) is 1. The Bertz CT molecular complexity index is 543. The highest BCUT2D eigenvalue weighted by molar-refractivity contribution is 9.10. The zero-order valence-electron chi connectivity index (χ0n) is 9.94. The SMILES string of the molecule is CCS(=O)(=O)CCNC(=O)c1ccc(N)c(Br)c1. The first-order chi connectivity index (χ1) is 8.35. The lowest BCUT2D eigenvalue weighted by molar-refractivity contribution is 0.0956. The van der Waals surface area contributed by atoms with Gasteiger partial charge in [0.25, 0.3) is 5.91 Å². The first-order valence-corrected chi connectivity index (χ1v) is 8.01. The maximum Gasteiger partial charge on any atom is 0.251 e. The Morgan fingerprint density at radius 1 is 1.44 bits per heavy atom. The van der Waals surface area contributed by atoms with Gasteiger partial charge in [0.15, 0.2) is 9.84 Å². The van der Waals surface area contributed by atoms with Gasteiger partial charge in [0.2, 0.25) is 0 Å². The second kappa shape index (κ2) is 6.19. The van der Waals surface area contributed by atoms with Crippen LogP contribution in [0.4, 0.5) is 5.69 Å². The van der Waals surface area contributed by atoms with E-state index in [1.165, 1.54) is 0 Å². The number of nitrogens with one attached hydrogen (secondary N) is 1. The summed E-state index contributed by atoms with van der Waals surface area (Å²) in [7, 11) is -3.06. The monoisotopic (exact) mass is 334 g/mol. The molecule has 0 atom stereocenters. The molecule has 1 rings (SSSR count). The highest BCUT2D eigenvalue weighted by Crippen LogP contribution is 2.20. The zero-order chi connectivity index (χ0) is 13.8. The van der Waals surface area contributed by atoms with E-state index in [2.05, 4.69) is 21.2 Å². The molecular weight excluding hydrogens is 320 g/mol. The van der Waals surface area contributed by atoms with E-state index >= 15 is 0 Å². The van der Waals surface area contributed by atoms with E-state index in [9.17, 15) is 13.2 Å². The molecule has 0 spiro atoms. The van der Waals surface area contributed by atoms with Crippen LogP contribution >= 0.6 is 15.9 Å². The van der Waals surface area contributed by atoms with E-state index in [-0.39, 0.29) is 24.0 Å². The van der Waals surface area contributed by atoms with Crippen LogP contribution in [-0.4, -0.2) is 32.4 Å². The van der Waals surface area contributed by atoms with Crippen LogP contribution in [0.2, 0.25) is 0 Å². The van der Waals surface area contributed by atoms with Gasteiger partial charge in [-0.05, 0) is 34.1 Å². The lowest BCUT2D eigenvalue weighted by Crippen LogP contribution is -2.29. The summed E-state index contributed by atoms with van der Waals surface area (Å²) in [6.45, 7) is 1.69. The van der Waals surface area contributed by atoms with Crippen molar-refractivity contribution < 1.29 is 13.2 Å². The minimum atomic E-state index is -3.06. The van der Waals surface area contributed by atoms with E-state index in [1.54, 1.807) is 25.1 Å². The Labute approximate surface area is 115 Å². The summed E-state index contributed by atoms with van der Waals surface area (Å²) in [6, 6.07) is 4.80. The van der Waals surface area contributed by atoms with Crippen molar-refractivity contribution in [2.75, 3.05) is 23.8 Å². The Kier molecular flexibility index (Phi) is 5.15. The third kappa shape index (κ3) is 4.30. The van der Waals surface area contributed by atoms with Gasteiger partial charge in [0.1, 0.15) is 0 Å². The number of benzene rings is 1. The van der Waals surface area contributed by atoms with Crippen LogP contribution in [0.3, 0.4) is 0 Å². The molecule has 0 aromatic heterocycles. The van der Waals surface area contributed by atoms with Crippen molar-refractivity contribution in [2.45, 2.75) is 6.92 Å². The average molecular weight is 335 g/mol. The molecule has 0 bridgehead atoms. The van der Waals surface area contributed by atoms with Crippen LogP contribution in [0.15, 0.2) is 22.7 Å². The van der Waals surface area contributed by atoms with Gasteiger partial charge in [-0.15, -0.1) is 0 Å². The van der Waals surface area contributed by atoms with E-state index < -0.39 is 9.84 Å². The van der Waals surface area contributed by atoms with Gasteiger partial charge in [-0.2, -0.15) is 0 Å². The molecule has 3 N–H and O–H groups in total. The number of rotatable bonds is 5. The van der Waals surface area contributed by atoms with Gasteiger partial charge >= 0.3 is 0 Å². The molecule has 18 heavy (non-hydrogen) atoms. The van der Waals surface area contributed by atoms with E-state index in [0.29, 0.717) is 15.7 Å². The topological polar surface area (TPSA) is 89.3 Å². The summed E-state index contributed by atoms with van der Waals surface area (Å²) in [5.41, 5.74) is 6.58. The molecule has 0 fully saturated rings. The van der Waals surface area contributed by atoms with Crippen LogP contribution in [-0.2, 0) is 9.84 Å². The predicted octanol–water partition coefficient (Wildman–Crippen LogP) is 1.20.